The van der Waals surface area contributed by atoms with Crippen LogP contribution in [0.1, 0.15) is 51.7 Å². The molecule has 1 spiro atoms. The van der Waals surface area contributed by atoms with Crippen molar-refractivity contribution in [1.29, 1.82) is 0 Å². The molecule has 110 valence electrons. The van der Waals surface area contributed by atoms with Gasteiger partial charge >= 0.3 is 0 Å². The van der Waals surface area contributed by atoms with Gasteiger partial charge in [0.05, 0.1) is 13.2 Å². The Kier molecular flexibility index (Phi) is 3.02. The van der Waals surface area contributed by atoms with Crippen LogP contribution in [-0.4, -0.2) is 17.8 Å². The molecule has 3 nitrogen and oxygen atoms in total. The average Bonchev–Trinajstić information content (AvgIpc) is 2.58. The molecule has 1 fully saturated rings. The van der Waals surface area contributed by atoms with Gasteiger partial charge in [-0.1, -0.05) is 20.8 Å². The predicted octanol–water partition coefficient (Wildman–Crippen LogP) is 3.71. The minimum Gasteiger partial charge on any atom is -0.497 e. The van der Waals surface area contributed by atoms with Crippen molar-refractivity contribution in [1.82, 2.24) is 0 Å². The van der Waals surface area contributed by atoms with Crippen LogP contribution >= 0.6 is 0 Å². The van der Waals surface area contributed by atoms with Crippen molar-refractivity contribution in [2.45, 2.75) is 51.7 Å². The molecule has 3 unspecified atom stereocenters. The van der Waals surface area contributed by atoms with Crippen LogP contribution in [0.25, 0.3) is 0 Å². The number of aliphatic hydroxyl groups is 1. The van der Waals surface area contributed by atoms with E-state index in [1.807, 2.05) is 18.2 Å². The van der Waals surface area contributed by atoms with Gasteiger partial charge in [-0.05, 0) is 42.4 Å². The van der Waals surface area contributed by atoms with Crippen LogP contribution < -0.4 is 9.47 Å². The zero-order chi connectivity index (χ0) is 14.5. The van der Waals surface area contributed by atoms with Gasteiger partial charge in [0.25, 0.3) is 0 Å². The van der Waals surface area contributed by atoms with Gasteiger partial charge in [-0.15, -0.1) is 0 Å². The molecule has 3 heteroatoms. The molecular weight excluding hydrogens is 252 g/mol. The van der Waals surface area contributed by atoms with Crippen LogP contribution in [-0.2, 0) is 0 Å². The molecule has 1 aliphatic heterocycles. The Morgan fingerprint density at radius 1 is 1.30 bits per heavy atom. The van der Waals surface area contributed by atoms with Gasteiger partial charge < -0.3 is 14.6 Å². The smallest absolute Gasteiger partial charge is 0.126 e. The topological polar surface area (TPSA) is 38.7 Å². The van der Waals surface area contributed by atoms with Gasteiger partial charge in [0.1, 0.15) is 17.1 Å². The lowest BCUT2D eigenvalue weighted by molar-refractivity contribution is -0.0393. The van der Waals surface area contributed by atoms with E-state index >= 15 is 0 Å². The highest BCUT2D eigenvalue weighted by Gasteiger charge is 2.53. The van der Waals surface area contributed by atoms with E-state index in [0.717, 1.165) is 29.9 Å². The zero-order valence-corrected chi connectivity index (χ0v) is 12.8. The van der Waals surface area contributed by atoms with Gasteiger partial charge in [-0.25, -0.2) is 0 Å². The van der Waals surface area contributed by atoms with Crippen LogP contribution in [0.15, 0.2) is 18.2 Å². The molecule has 1 aliphatic carbocycles. The Labute approximate surface area is 120 Å². The van der Waals surface area contributed by atoms with Gasteiger partial charge in [0.2, 0.25) is 0 Å². The average molecular weight is 276 g/mol. The second kappa shape index (κ2) is 4.39. The highest BCUT2D eigenvalue weighted by Crippen LogP contribution is 2.55. The molecule has 0 bridgehead atoms. The van der Waals surface area contributed by atoms with Crippen LogP contribution in [0.2, 0.25) is 0 Å². The van der Waals surface area contributed by atoms with E-state index in [4.69, 9.17) is 9.47 Å². The van der Waals surface area contributed by atoms with Crippen molar-refractivity contribution in [2.24, 2.45) is 11.3 Å². The monoisotopic (exact) mass is 276 g/mol. The molecule has 1 heterocycles. The minimum atomic E-state index is -0.467. The third-order valence-electron chi connectivity index (χ3n) is 4.96. The first-order valence-electron chi connectivity index (χ1n) is 7.40. The number of fused-ring (bicyclic) bond motifs is 1. The molecule has 1 aromatic rings. The molecular formula is C17H24O3. The molecule has 0 aromatic heterocycles. The minimum absolute atomic E-state index is 0.218. The number of benzene rings is 1. The zero-order valence-electron chi connectivity index (χ0n) is 12.8. The summed E-state index contributed by atoms with van der Waals surface area (Å²) < 4.78 is 11.6. The Morgan fingerprint density at radius 2 is 2.05 bits per heavy atom. The molecule has 0 radical (unpaired) electrons. The van der Waals surface area contributed by atoms with Crippen molar-refractivity contribution in [3.05, 3.63) is 23.8 Å². The van der Waals surface area contributed by atoms with Crippen LogP contribution in [0.4, 0.5) is 0 Å². The lowest BCUT2D eigenvalue weighted by Gasteiger charge is -2.41. The Morgan fingerprint density at radius 3 is 2.65 bits per heavy atom. The second-order valence-electron chi connectivity index (χ2n) is 7.24. The van der Waals surface area contributed by atoms with E-state index in [9.17, 15) is 5.11 Å². The standard InChI is InChI=1S/C17H24O3/c1-11-8-16(2,3)10-17(11)9-14(18)13-7-12(19-4)5-6-15(13)20-17/h5-7,11,14,18H,8-10H2,1-4H3. The number of hydrogen-bond donors (Lipinski definition) is 1. The highest BCUT2D eigenvalue weighted by atomic mass is 16.5. The van der Waals surface area contributed by atoms with Crippen molar-refractivity contribution < 1.29 is 14.6 Å². The molecule has 2 aliphatic rings. The molecule has 1 saturated carbocycles. The summed E-state index contributed by atoms with van der Waals surface area (Å²) >= 11 is 0. The lowest BCUT2D eigenvalue weighted by atomic mass is 9.81. The quantitative estimate of drug-likeness (QED) is 0.850. The van der Waals surface area contributed by atoms with Crippen LogP contribution in [0, 0.1) is 11.3 Å². The lowest BCUT2D eigenvalue weighted by Crippen LogP contribution is -2.43. The summed E-state index contributed by atoms with van der Waals surface area (Å²) in [4.78, 5) is 0. The van der Waals surface area contributed by atoms with Crippen molar-refractivity contribution >= 4 is 0 Å². The maximum absolute atomic E-state index is 10.6. The molecule has 3 atom stereocenters. The highest BCUT2D eigenvalue weighted by molar-refractivity contribution is 5.44. The first-order valence-corrected chi connectivity index (χ1v) is 7.40. The number of hydrogen-bond acceptors (Lipinski definition) is 3. The number of rotatable bonds is 1. The summed E-state index contributed by atoms with van der Waals surface area (Å²) in [5.41, 5.74) is 0.917. The maximum atomic E-state index is 10.6. The van der Waals surface area contributed by atoms with Crippen molar-refractivity contribution in [2.75, 3.05) is 7.11 Å². The van der Waals surface area contributed by atoms with Gasteiger partial charge in [-0.3, -0.25) is 0 Å². The fraction of sp³-hybridized carbons (Fsp3) is 0.647. The largest absolute Gasteiger partial charge is 0.497 e. The molecule has 1 aromatic carbocycles. The van der Waals surface area contributed by atoms with Gasteiger partial charge in [0.15, 0.2) is 0 Å². The predicted molar refractivity (Wildman–Crippen MR) is 78.1 cm³/mol. The maximum Gasteiger partial charge on any atom is 0.126 e. The Bertz CT molecular complexity index is 523. The third kappa shape index (κ3) is 2.08. The number of methoxy groups -OCH3 is 1. The van der Waals surface area contributed by atoms with E-state index in [1.165, 1.54) is 0 Å². The molecule has 20 heavy (non-hydrogen) atoms. The van der Waals surface area contributed by atoms with Gasteiger partial charge in [-0.2, -0.15) is 0 Å². The fourth-order valence-corrected chi connectivity index (χ4v) is 4.19. The SMILES string of the molecule is COc1ccc2c(c1)C(O)CC1(CC(C)(C)CC1C)O2. The summed E-state index contributed by atoms with van der Waals surface area (Å²) in [5, 5.41) is 10.6. The van der Waals surface area contributed by atoms with E-state index in [1.54, 1.807) is 7.11 Å². The molecule has 3 rings (SSSR count). The number of ether oxygens (including phenoxy) is 2. The summed E-state index contributed by atoms with van der Waals surface area (Å²) in [7, 11) is 1.64. The van der Waals surface area contributed by atoms with Crippen LogP contribution in [0.3, 0.4) is 0 Å². The normalized spacial score (nSPS) is 34.6. The number of aliphatic hydroxyl groups excluding tert-OH is 1. The molecule has 0 amide bonds. The van der Waals surface area contributed by atoms with E-state index in [0.29, 0.717) is 12.3 Å². The summed E-state index contributed by atoms with van der Waals surface area (Å²) in [6.07, 6.45) is 2.36. The van der Waals surface area contributed by atoms with E-state index < -0.39 is 6.10 Å². The van der Waals surface area contributed by atoms with E-state index in [2.05, 4.69) is 20.8 Å². The summed E-state index contributed by atoms with van der Waals surface area (Å²) in [5.74, 6) is 2.04. The molecule has 1 N–H and O–H groups in total. The summed E-state index contributed by atoms with van der Waals surface area (Å²) in [6.45, 7) is 6.82. The summed E-state index contributed by atoms with van der Waals surface area (Å²) in [6, 6.07) is 5.71. The van der Waals surface area contributed by atoms with Gasteiger partial charge in [0, 0.05) is 12.0 Å². The van der Waals surface area contributed by atoms with Crippen LogP contribution in [0.5, 0.6) is 11.5 Å². The second-order valence-corrected chi connectivity index (χ2v) is 7.24. The van der Waals surface area contributed by atoms with Crippen molar-refractivity contribution in [3.8, 4) is 11.5 Å². The first-order chi connectivity index (χ1) is 9.35. The van der Waals surface area contributed by atoms with Crippen molar-refractivity contribution in [3.63, 3.8) is 0 Å². The van der Waals surface area contributed by atoms with E-state index in [-0.39, 0.29) is 11.0 Å². The Balaban J connectivity index is 1.97. The fourth-order valence-electron chi connectivity index (χ4n) is 4.19. The third-order valence-corrected chi connectivity index (χ3v) is 4.96. The molecule has 0 saturated heterocycles. The Hall–Kier alpha value is -1.22. The first kappa shape index (κ1) is 13.7.